The van der Waals surface area contributed by atoms with Crippen molar-refractivity contribution in [1.29, 1.82) is 0 Å². The lowest BCUT2D eigenvalue weighted by atomic mass is 10.3. The number of morpholine rings is 1. The van der Waals surface area contributed by atoms with E-state index in [0.29, 0.717) is 0 Å². The van der Waals surface area contributed by atoms with Crippen LogP contribution in [0.5, 0.6) is 0 Å². The summed E-state index contributed by atoms with van der Waals surface area (Å²) in [5, 5.41) is 7.80. The van der Waals surface area contributed by atoms with Gasteiger partial charge >= 0.3 is 0 Å². The molecule has 0 amide bonds. The number of nitrogens with zero attached hydrogens (tertiary/aromatic N) is 3. The van der Waals surface area contributed by atoms with Gasteiger partial charge in [0.15, 0.2) is 5.96 Å². The molecule has 0 aliphatic carbocycles. The van der Waals surface area contributed by atoms with Crippen molar-refractivity contribution in [3.8, 4) is 0 Å². The number of unbranched alkanes of at least 4 members (excludes halogenated alkanes) is 1. The van der Waals surface area contributed by atoms with Gasteiger partial charge in [-0.2, -0.15) is 0 Å². The maximum atomic E-state index is 5.36. The third-order valence-corrected chi connectivity index (χ3v) is 5.07. The summed E-state index contributed by atoms with van der Waals surface area (Å²) in [7, 11) is 1.81. The van der Waals surface area contributed by atoms with Crippen LogP contribution in [0.4, 0.5) is 0 Å². The number of rotatable bonds is 7. The van der Waals surface area contributed by atoms with Gasteiger partial charge in [0.05, 0.1) is 25.5 Å². The minimum absolute atomic E-state index is 0.729. The van der Waals surface area contributed by atoms with Crippen LogP contribution in [0.15, 0.2) is 4.99 Å². The zero-order valence-corrected chi connectivity index (χ0v) is 15.3. The predicted molar refractivity (Wildman–Crippen MR) is 96.3 cm³/mol. The van der Waals surface area contributed by atoms with Crippen molar-refractivity contribution >= 4 is 17.3 Å². The summed E-state index contributed by atoms with van der Waals surface area (Å²) in [4.78, 5) is 12.6. The van der Waals surface area contributed by atoms with Crippen LogP contribution in [0.1, 0.15) is 28.4 Å². The molecule has 1 aromatic rings. The van der Waals surface area contributed by atoms with Crippen molar-refractivity contribution < 1.29 is 4.74 Å². The number of hydrogen-bond acceptors (Lipinski definition) is 5. The van der Waals surface area contributed by atoms with Crippen molar-refractivity contribution in [2.75, 3.05) is 46.4 Å². The highest BCUT2D eigenvalue weighted by Gasteiger charge is 2.09. The summed E-state index contributed by atoms with van der Waals surface area (Å²) in [5.74, 6) is 0.849. The fourth-order valence-corrected chi connectivity index (χ4v) is 3.36. The van der Waals surface area contributed by atoms with Gasteiger partial charge < -0.3 is 15.4 Å². The van der Waals surface area contributed by atoms with Gasteiger partial charge in [-0.05, 0) is 33.2 Å². The van der Waals surface area contributed by atoms with Gasteiger partial charge in [-0.25, -0.2) is 4.98 Å². The maximum absolute atomic E-state index is 5.36. The Morgan fingerprint density at radius 1 is 1.26 bits per heavy atom. The second-order valence-corrected chi connectivity index (χ2v) is 7.05. The summed E-state index contributed by atoms with van der Waals surface area (Å²) >= 11 is 1.74. The molecule has 0 spiro atoms. The summed E-state index contributed by atoms with van der Waals surface area (Å²) in [6.45, 7) is 10.9. The summed E-state index contributed by atoms with van der Waals surface area (Å²) < 4.78 is 5.36. The summed E-state index contributed by atoms with van der Waals surface area (Å²) in [6, 6.07) is 0. The molecule has 0 unspecified atom stereocenters. The molecule has 0 bridgehead atoms. The number of nitrogens with one attached hydrogen (secondary N) is 2. The van der Waals surface area contributed by atoms with E-state index in [1.54, 1.807) is 18.4 Å². The number of aliphatic imine (C=N–C) groups is 1. The molecular weight excluding hydrogens is 310 g/mol. The van der Waals surface area contributed by atoms with Crippen LogP contribution in [0.2, 0.25) is 0 Å². The molecule has 6 nitrogen and oxygen atoms in total. The van der Waals surface area contributed by atoms with E-state index in [4.69, 9.17) is 4.74 Å². The molecule has 2 rings (SSSR count). The molecule has 1 aliphatic rings. The normalized spacial score (nSPS) is 16.6. The van der Waals surface area contributed by atoms with Crippen molar-refractivity contribution in [1.82, 2.24) is 20.5 Å². The predicted octanol–water partition coefficient (Wildman–Crippen LogP) is 1.54. The topological polar surface area (TPSA) is 61.8 Å². The molecule has 0 radical (unpaired) electrons. The Hall–Kier alpha value is -1.18. The van der Waals surface area contributed by atoms with Crippen LogP contribution in [0.3, 0.4) is 0 Å². The van der Waals surface area contributed by atoms with E-state index in [9.17, 15) is 0 Å². The highest BCUT2D eigenvalue weighted by Crippen LogP contribution is 2.15. The Morgan fingerprint density at radius 3 is 2.70 bits per heavy atom. The molecule has 1 aliphatic heterocycles. The van der Waals surface area contributed by atoms with E-state index in [2.05, 4.69) is 39.4 Å². The Morgan fingerprint density at radius 2 is 2.04 bits per heavy atom. The monoisotopic (exact) mass is 339 g/mol. The van der Waals surface area contributed by atoms with E-state index >= 15 is 0 Å². The number of hydrogen-bond donors (Lipinski definition) is 2. The van der Waals surface area contributed by atoms with E-state index in [1.807, 2.05) is 0 Å². The minimum atomic E-state index is 0.729. The third kappa shape index (κ3) is 6.45. The Kier molecular flexibility index (Phi) is 7.78. The van der Waals surface area contributed by atoms with Crippen LogP contribution >= 0.6 is 11.3 Å². The first kappa shape index (κ1) is 18.2. The van der Waals surface area contributed by atoms with Crippen molar-refractivity contribution in [3.63, 3.8) is 0 Å². The zero-order chi connectivity index (χ0) is 16.5. The zero-order valence-electron chi connectivity index (χ0n) is 14.5. The molecule has 0 atom stereocenters. The van der Waals surface area contributed by atoms with Gasteiger partial charge in [0, 0.05) is 31.6 Å². The number of aromatic nitrogens is 1. The molecule has 2 N–H and O–H groups in total. The molecule has 23 heavy (non-hydrogen) atoms. The smallest absolute Gasteiger partial charge is 0.191 e. The lowest BCUT2D eigenvalue weighted by Crippen LogP contribution is -2.38. The van der Waals surface area contributed by atoms with Crippen molar-refractivity contribution in [3.05, 3.63) is 15.6 Å². The van der Waals surface area contributed by atoms with Gasteiger partial charge in [-0.1, -0.05) is 0 Å². The number of ether oxygens (including phenoxy) is 1. The van der Waals surface area contributed by atoms with E-state index in [1.165, 1.54) is 11.3 Å². The Bertz CT molecular complexity index is 477. The molecule has 1 fully saturated rings. The molecule has 2 heterocycles. The van der Waals surface area contributed by atoms with Crippen molar-refractivity contribution in [2.24, 2.45) is 4.99 Å². The maximum Gasteiger partial charge on any atom is 0.191 e. The van der Waals surface area contributed by atoms with Gasteiger partial charge in [-0.15, -0.1) is 11.3 Å². The molecular formula is C16H29N5OS. The fraction of sp³-hybridized carbons (Fsp3) is 0.750. The third-order valence-electron chi connectivity index (χ3n) is 4.00. The number of guanidine groups is 1. The molecule has 7 heteroatoms. The van der Waals surface area contributed by atoms with E-state index < -0.39 is 0 Å². The fourth-order valence-electron chi connectivity index (χ4n) is 2.49. The van der Waals surface area contributed by atoms with Crippen LogP contribution in [-0.4, -0.2) is 62.3 Å². The average Bonchev–Trinajstić information content (AvgIpc) is 2.89. The van der Waals surface area contributed by atoms with Gasteiger partial charge in [0.25, 0.3) is 0 Å². The second kappa shape index (κ2) is 9.85. The minimum Gasteiger partial charge on any atom is -0.379 e. The quantitative estimate of drug-likeness (QED) is 0.448. The first-order valence-electron chi connectivity index (χ1n) is 8.36. The van der Waals surface area contributed by atoms with Crippen LogP contribution in [0.25, 0.3) is 0 Å². The highest BCUT2D eigenvalue weighted by molar-refractivity contribution is 7.11. The van der Waals surface area contributed by atoms with Crippen LogP contribution < -0.4 is 10.6 Å². The Balaban J connectivity index is 1.57. The molecule has 1 saturated heterocycles. The lowest BCUT2D eigenvalue weighted by molar-refractivity contribution is 0.0372. The van der Waals surface area contributed by atoms with E-state index in [-0.39, 0.29) is 0 Å². The van der Waals surface area contributed by atoms with Gasteiger partial charge in [0.2, 0.25) is 0 Å². The molecule has 0 saturated carbocycles. The first-order chi connectivity index (χ1) is 11.2. The van der Waals surface area contributed by atoms with Crippen molar-refractivity contribution in [2.45, 2.75) is 33.2 Å². The number of thiazole rings is 1. The lowest BCUT2D eigenvalue weighted by Gasteiger charge is -2.26. The average molecular weight is 340 g/mol. The largest absolute Gasteiger partial charge is 0.379 e. The first-order valence-corrected chi connectivity index (χ1v) is 9.18. The van der Waals surface area contributed by atoms with Gasteiger partial charge in [0.1, 0.15) is 5.01 Å². The Labute approximate surface area is 143 Å². The summed E-state index contributed by atoms with van der Waals surface area (Å²) in [5.41, 5.74) is 1.12. The summed E-state index contributed by atoms with van der Waals surface area (Å²) in [6.07, 6.45) is 2.35. The SMILES string of the molecule is CN=C(NCCCCN1CCOCC1)NCc1nc(C)c(C)s1. The van der Waals surface area contributed by atoms with E-state index in [0.717, 1.165) is 69.0 Å². The second-order valence-electron chi connectivity index (χ2n) is 5.76. The molecule has 130 valence electrons. The molecule has 1 aromatic heterocycles. The number of aryl methyl sites for hydroxylation is 2. The van der Waals surface area contributed by atoms with Crippen LogP contribution in [0, 0.1) is 13.8 Å². The molecule has 0 aromatic carbocycles. The highest BCUT2D eigenvalue weighted by atomic mass is 32.1. The standard InChI is InChI=1S/C16H29N5OS/c1-13-14(2)23-15(20-13)12-19-16(17-3)18-6-4-5-7-21-8-10-22-11-9-21/h4-12H2,1-3H3,(H2,17,18,19). The van der Waals surface area contributed by atoms with Crippen LogP contribution in [-0.2, 0) is 11.3 Å². The van der Waals surface area contributed by atoms with Gasteiger partial charge in [-0.3, -0.25) is 9.89 Å².